The first-order valence-electron chi connectivity index (χ1n) is 7.15. The van der Waals surface area contributed by atoms with E-state index in [1.165, 1.54) is 0 Å². The molecule has 0 aliphatic rings. The van der Waals surface area contributed by atoms with Crippen LogP contribution >= 0.6 is 24.0 Å². The fourth-order valence-electron chi connectivity index (χ4n) is 1.81. The second-order valence-corrected chi connectivity index (χ2v) is 4.63. The Hall–Kier alpha value is -1.84. The summed E-state index contributed by atoms with van der Waals surface area (Å²) in [6.07, 6.45) is 0. The van der Waals surface area contributed by atoms with Crippen molar-refractivity contribution in [1.29, 1.82) is 0 Å². The van der Waals surface area contributed by atoms with E-state index in [4.69, 9.17) is 9.26 Å². The Balaban J connectivity index is 0.00000264. The van der Waals surface area contributed by atoms with Crippen LogP contribution in [0.25, 0.3) is 0 Å². The van der Waals surface area contributed by atoms with Crippen LogP contribution in [-0.2, 0) is 13.1 Å². The monoisotopic (exact) mass is 431 g/mol. The summed E-state index contributed by atoms with van der Waals surface area (Å²) in [5.41, 5.74) is 1.10. The first-order valence-corrected chi connectivity index (χ1v) is 7.15. The van der Waals surface area contributed by atoms with Crippen molar-refractivity contribution in [3.63, 3.8) is 0 Å². The molecule has 0 aliphatic heterocycles. The number of methoxy groups -OCH3 is 1. The Bertz CT molecular complexity index is 613. The lowest BCUT2D eigenvalue weighted by Crippen LogP contribution is -2.36. The second kappa shape index (κ2) is 10.0. The lowest BCUT2D eigenvalue weighted by molar-refractivity contribution is 0.371. The molecule has 1 heterocycles. The maximum atomic E-state index is 5.14. The van der Waals surface area contributed by atoms with Crippen molar-refractivity contribution >= 4 is 29.9 Å². The molecule has 23 heavy (non-hydrogen) atoms. The molecule has 0 unspecified atom stereocenters. The van der Waals surface area contributed by atoms with Crippen LogP contribution in [0.1, 0.15) is 24.2 Å². The molecule has 8 heteroatoms. The molecule has 0 saturated heterocycles. The van der Waals surface area contributed by atoms with E-state index < -0.39 is 0 Å². The minimum Gasteiger partial charge on any atom is -0.497 e. The Labute approximate surface area is 152 Å². The molecule has 0 radical (unpaired) electrons. The zero-order chi connectivity index (χ0) is 15.8. The normalized spacial score (nSPS) is 10.8. The first kappa shape index (κ1) is 19.2. The van der Waals surface area contributed by atoms with E-state index in [9.17, 15) is 0 Å². The van der Waals surface area contributed by atoms with Gasteiger partial charge in [-0.15, -0.1) is 24.0 Å². The molecule has 0 aliphatic carbocycles. The van der Waals surface area contributed by atoms with E-state index in [0.717, 1.165) is 17.9 Å². The standard InChI is InChI=1S/C15H21N5O2.HI/c1-4-16-15(18-10-14-19-11(2)20-22-14)17-9-12-5-7-13(21-3)8-6-12;/h5-8H,4,9-10H2,1-3H3,(H2,16,17,18);1H. The third-order valence-corrected chi connectivity index (χ3v) is 2.90. The Kier molecular flexibility index (Phi) is 8.38. The minimum absolute atomic E-state index is 0. The number of benzene rings is 1. The third kappa shape index (κ3) is 6.43. The molecule has 0 spiro atoms. The molecular formula is C15H22IN5O2. The van der Waals surface area contributed by atoms with Crippen molar-refractivity contribution < 1.29 is 9.26 Å². The van der Waals surface area contributed by atoms with E-state index in [-0.39, 0.29) is 24.0 Å². The van der Waals surface area contributed by atoms with Gasteiger partial charge in [-0.1, -0.05) is 17.3 Å². The minimum atomic E-state index is 0. The van der Waals surface area contributed by atoms with Gasteiger partial charge in [0.2, 0.25) is 5.89 Å². The summed E-state index contributed by atoms with van der Waals surface area (Å²) in [5, 5.41) is 10.1. The molecule has 2 rings (SSSR count). The lowest BCUT2D eigenvalue weighted by atomic mass is 10.2. The van der Waals surface area contributed by atoms with E-state index in [1.807, 2.05) is 31.2 Å². The zero-order valence-electron chi connectivity index (χ0n) is 13.5. The van der Waals surface area contributed by atoms with Crippen LogP contribution in [0.2, 0.25) is 0 Å². The summed E-state index contributed by atoms with van der Waals surface area (Å²) in [5.74, 6) is 2.70. The summed E-state index contributed by atoms with van der Waals surface area (Å²) >= 11 is 0. The van der Waals surface area contributed by atoms with Crippen molar-refractivity contribution in [3.8, 4) is 5.75 Å². The third-order valence-electron chi connectivity index (χ3n) is 2.90. The molecule has 1 aromatic carbocycles. The van der Waals surface area contributed by atoms with Crippen LogP contribution in [0.3, 0.4) is 0 Å². The van der Waals surface area contributed by atoms with Crippen LogP contribution in [0, 0.1) is 6.92 Å². The van der Waals surface area contributed by atoms with E-state index in [0.29, 0.717) is 30.8 Å². The summed E-state index contributed by atoms with van der Waals surface area (Å²) in [4.78, 5) is 8.67. The predicted octanol–water partition coefficient (Wildman–Crippen LogP) is 2.26. The highest BCUT2D eigenvalue weighted by molar-refractivity contribution is 14.0. The molecule has 0 fully saturated rings. The van der Waals surface area contributed by atoms with Gasteiger partial charge in [0.15, 0.2) is 11.8 Å². The number of nitrogens with one attached hydrogen (secondary N) is 2. The van der Waals surface area contributed by atoms with E-state index in [1.54, 1.807) is 14.0 Å². The lowest BCUT2D eigenvalue weighted by Gasteiger charge is -2.09. The first-order chi connectivity index (χ1) is 10.7. The van der Waals surface area contributed by atoms with Gasteiger partial charge >= 0.3 is 0 Å². The quantitative estimate of drug-likeness (QED) is 0.415. The molecule has 2 N–H and O–H groups in total. The number of halogens is 1. The maximum absolute atomic E-state index is 5.14. The number of rotatable bonds is 6. The molecule has 2 aromatic rings. The number of aryl methyl sites for hydroxylation is 1. The van der Waals surface area contributed by atoms with Gasteiger partial charge in [-0.2, -0.15) is 4.98 Å². The highest BCUT2D eigenvalue weighted by atomic mass is 127. The smallest absolute Gasteiger partial charge is 0.246 e. The number of ether oxygens (including phenoxy) is 1. The van der Waals surface area contributed by atoms with Crippen molar-refractivity contribution in [1.82, 2.24) is 20.8 Å². The predicted molar refractivity (Wildman–Crippen MR) is 99.1 cm³/mol. The highest BCUT2D eigenvalue weighted by Gasteiger charge is 2.04. The Morgan fingerprint density at radius 2 is 2.00 bits per heavy atom. The number of hydrogen-bond donors (Lipinski definition) is 2. The average Bonchev–Trinajstić information content (AvgIpc) is 2.96. The molecule has 7 nitrogen and oxygen atoms in total. The van der Waals surface area contributed by atoms with Crippen molar-refractivity contribution in [2.45, 2.75) is 26.9 Å². The van der Waals surface area contributed by atoms with Gasteiger partial charge in [-0.25, -0.2) is 4.99 Å². The van der Waals surface area contributed by atoms with Crippen molar-refractivity contribution in [2.75, 3.05) is 13.7 Å². The van der Waals surface area contributed by atoms with Crippen LogP contribution in [0.5, 0.6) is 5.75 Å². The SMILES string of the molecule is CCNC(=NCc1ccc(OC)cc1)NCc1nc(C)no1.I. The second-order valence-electron chi connectivity index (χ2n) is 4.63. The number of nitrogens with zero attached hydrogens (tertiary/aromatic N) is 3. The number of aliphatic imine (C=N–C) groups is 1. The van der Waals surface area contributed by atoms with Gasteiger partial charge in [0.1, 0.15) is 5.75 Å². The summed E-state index contributed by atoms with van der Waals surface area (Å²) in [7, 11) is 1.65. The number of guanidine groups is 1. The largest absolute Gasteiger partial charge is 0.497 e. The van der Waals surface area contributed by atoms with Gasteiger partial charge in [0.05, 0.1) is 20.2 Å². The average molecular weight is 431 g/mol. The van der Waals surface area contributed by atoms with Crippen LogP contribution < -0.4 is 15.4 Å². The summed E-state index contributed by atoms with van der Waals surface area (Å²) in [6, 6.07) is 7.83. The van der Waals surface area contributed by atoms with Crippen LogP contribution in [0.4, 0.5) is 0 Å². The topological polar surface area (TPSA) is 84.6 Å². The zero-order valence-corrected chi connectivity index (χ0v) is 15.8. The van der Waals surface area contributed by atoms with Gasteiger partial charge in [-0.3, -0.25) is 0 Å². The fraction of sp³-hybridized carbons (Fsp3) is 0.400. The van der Waals surface area contributed by atoms with Gasteiger partial charge < -0.3 is 19.9 Å². The van der Waals surface area contributed by atoms with Gasteiger partial charge in [-0.05, 0) is 31.5 Å². The van der Waals surface area contributed by atoms with E-state index >= 15 is 0 Å². The Morgan fingerprint density at radius 3 is 2.57 bits per heavy atom. The molecule has 126 valence electrons. The van der Waals surface area contributed by atoms with Crippen LogP contribution in [0.15, 0.2) is 33.8 Å². The number of hydrogen-bond acceptors (Lipinski definition) is 5. The summed E-state index contributed by atoms with van der Waals surface area (Å²) < 4.78 is 10.2. The highest BCUT2D eigenvalue weighted by Crippen LogP contribution is 2.11. The Morgan fingerprint density at radius 1 is 1.26 bits per heavy atom. The van der Waals surface area contributed by atoms with E-state index in [2.05, 4.69) is 25.8 Å². The fourth-order valence-corrected chi connectivity index (χ4v) is 1.81. The maximum Gasteiger partial charge on any atom is 0.246 e. The molecule has 0 amide bonds. The van der Waals surface area contributed by atoms with Crippen molar-refractivity contribution in [2.24, 2.45) is 4.99 Å². The molecule has 0 bridgehead atoms. The molecule has 0 saturated carbocycles. The number of aromatic nitrogens is 2. The van der Waals surface area contributed by atoms with Gasteiger partial charge in [0, 0.05) is 6.54 Å². The molecule has 1 aromatic heterocycles. The van der Waals surface area contributed by atoms with Crippen LogP contribution in [-0.4, -0.2) is 29.8 Å². The summed E-state index contributed by atoms with van der Waals surface area (Å²) in [6.45, 7) is 5.59. The molecular weight excluding hydrogens is 409 g/mol. The van der Waals surface area contributed by atoms with Crippen molar-refractivity contribution in [3.05, 3.63) is 41.5 Å². The molecule has 0 atom stereocenters. The van der Waals surface area contributed by atoms with Gasteiger partial charge in [0.25, 0.3) is 0 Å².